The third kappa shape index (κ3) is 2.35. The fourth-order valence-electron chi connectivity index (χ4n) is 4.08. The van der Waals surface area contributed by atoms with Crippen molar-refractivity contribution in [2.75, 3.05) is 0 Å². The molecule has 2 heterocycles. The van der Waals surface area contributed by atoms with Crippen LogP contribution in [0, 0.1) is 41.5 Å². The van der Waals surface area contributed by atoms with Crippen LogP contribution >= 0.6 is 0 Å². The van der Waals surface area contributed by atoms with E-state index >= 15 is 0 Å². The van der Waals surface area contributed by atoms with Crippen LogP contribution in [0.15, 0.2) is 12.1 Å². The molecular formula is C21H24N2O. The van der Waals surface area contributed by atoms with E-state index in [0.29, 0.717) is 0 Å². The van der Waals surface area contributed by atoms with Crippen LogP contribution < -0.4 is 0 Å². The number of nitrogens with one attached hydrogen (secondary N) is 1. The fourth-order valence-corrected chi connectivity index (χ4v) is 4.08. The molecule has 0 unspecified atom stereocenters. The van der Waals surface area contributed by atoms with Crippen LogP contribution in [0.25, 0.3) is 22.2 Å². The van der Waals surface area contributed by atoms with Gasteiger partial charge >= 0.3 is 0 Å². The highest BCUT2D eigenvalue weighted by atomic mass is 16.1. The second-order valence-corrected chi connectivity index (χ2v) is 6.88. The number of carbonyl (C=O) groups is 1. The number of H-pyrrole nitrogens is 1. The van der Waals surface area contributed by atoms with Crippen molar-refractivity contribution >= 4 is 16.7 Å². The van der Waals surface area contributed by atoms with Crippen molar-refractivity contribution in [3.05, 3.63) is 51.3 Å². The van der Waals surface area contributed by atoms with Crippen molar-refractivity contribution in [1.29, 1.82) is 0 Å². The van der Waals surface area contributed by atoms with Gasteiger partial charge in [0.15, 0.2) is 5.78 Å². The Bertz CT molecular complexity index is 970. The second kappa shape index (κ2) is 5.59. The van der Waals surface area contributed by atoms with Crippen molar-refractivity contribution < 1.29 is 4.79 Å². The van der Waals surface area contributed by atoms with E-state index in [4.69, 9.17) is 4.98 Å². The van der Waals surface area contributed by atoms with E-state index in [-0.39, 0.29) is 5.78 Å². The number of aryl methyl sites for hydroxylation is 6. The van der Waals surface area contributed by atoms with E-state index in [0.717, 1.165) is 39.1 Å². The molecule has 0 saturated carbocycles. The molecule has 0 bridgehead atoms. The molecule has 0 radical (unpaired) electrons. The summed E-state index contributed by atoms with van der Waals surface area (Å²) in [6.07, 6.45) is 0. The Morgan fingerprint density at radius 3 is 2.12 bits per heavy atom. The Kier molecular flexibility index (Phi) is 3.83. The van der Waals surface area contributed by atoms with Crippen LogP contribution in [0.1, 0.15) is 50.9 Å². The maximum atomic E-state index is 12.0. The summed E-state index contributed by atoms with van der Waals surface area (Å²) in [6, 6.07) is 4.40. The van der Waals surface area contributed by atoms with Gasteiger partial charge in [-0.2, -0.15) is 0 Å². The predicted octanol–water partition coefficient (Wildman–Crippen LogP) is 5.28. The lowest BCUT2D eigenvalue weighted by atomic mass is 9.95. The van der Waals surface area contributed by atoms with Crippen LogP contribution in [0.5, 0.6) is 0 Å². The number of nitrogens with zero attached hydrogens (tertiary/aromatic N) is 1. The molecule has 1 aromatic carbocycles. The monoisotopic (exact) mass is 320 g/mol. The molecule has 3 rings (SSSR count). The van der Waals surface area contributed by atoms with Gasteiger partial charge in [0.05, 0.1) is 11.2 Å². The van der Waals surface area contributed by atoms with Gasteiger partial charge in [-0.05, 0) is 65.2 Å². The molecule has 124 valence electrons. The van der Waals surface area contributed by atoms with Gasteiger partial charge in [-0.1, -0.05) is 17.7 Å². The van der Waals surface area contributed by atoms with Crippen LogP contribution in [0.2, 0.25) is 0 Å². The fraction of sp³-hybridized carbons (Fsp3) is 0.333. The highest BCUT2D eigenvalue weighted by Crippen LogP contribution is 2.36. The first kappa shape index (κ1) is 16.4. The summed E-state index contributed by atoms with van der Waals surface area (Å²) < 4.78 is 0. The maximum Gasteiger partial charge on any atom is 0.161 e. The number of rotatable bonds is 2. The standard InChI is InChI=1S/C21H24N2O/c1-10-8-11(2)17(12(3)9-10)20-21-19(15(6)23-20)13(4)18(16(7)24)14(5)22-21/h8-9,23H,1-7H3. The summed E-state index contributed by atoms with van der Waals surface area (Å²) in [4.78, 5) is 20.4. The second-order valence-electron chi connectivity index (χ2n) is 6.88. The largest absolute Gasteiger partial charge is 0.356 e. The third-order valence-electron chi connectivity index (χ3n) is 4.83. The molecule has 3 aromatic rings. The minimum absolute atomic E-state index is 0.0734. The topological polar surface area (TPSA) is 45.8 Å². The first-order valence-corrected chi connectivity index (χ1v) is 8.31. The third-order valence-corrected chi connectivity index (χ3v) is 4.83. The number of pyridine rings is 1. The lowest BCUT2D eigenvalue weighted by Crippen LogP contribution is -2.03. The molecular weight excluding hydrogens is 296 g/mol. The molecule has 0 aliphatic carbocycles. The van der Waals surface area contributed by atoms with Crippen molar-refractivity contribution in [2.45, 2.75) is 48.5 Å². The Labute approximate surface area is 143 Å². The number of carbonyl (C=O) groups excluding carboxylic acids is 1. The number of Topliss-reactive ketones (excluding diaryl/α,β-unsaturated/α-hetero) is 1. The minimum Gasteiger partial charge on any atom is -0.356 e. The van der Waals surface area contributed by atoms with E-state index < -0.39 is 0 Å². The van der Waals surface area contributed by atoms with Gasteiger partial charge in [0, 0.05) is 27.9 Å². The zero-order chi connectivity index (χ0) is 17.8. The van der Waals surface area contributed by atoms with Crippen LogP contribution in [-0.4, -0.2) is 15.8 Å². The number of benzene rings is 1. The molecule has 0 aliphatic heterocycles. The summed E-state index contributed by atoms with van der Waals surface area (Å²) >= 11 is 0. The van der Waals surface area contributed by atoms with Gasteiger partial charge in [0.25, 0.3) is 0 Å². The molecule has 2 aromatic heterocycles. The van der Waals surface area contributed by atoms with Crippen LogP contribution in [-0.2, 0) is 0 Å². The lowest BCUT2D eigenvalue weighted by Gasteiger charge is -2.12. The van der Waals surface area contributed by atoms with E-state index in [1.165, 1.54) is 22.3 Å². The zero-order valence-corrected chi connectivity index (χ0v) is 15.5. The SMILES string of the molecule is CC(=O)c1c(C)nc2c(-c3c(C)cc(C)cc3C)[nH]c(C)c2c1C. The van der Waals surface area contributed by atoms with Crippen molar-refractivity contribution in [3.63, 3.8) is 0 Å². The quantitative estimate of drug-likeness (QED) is 0.653. The van der Waals surface area contributed by atoms with Gasteiger partial charge < -0.3 is 4.98 Å². The average molecular weight is 320 g/mol. The van der Waals surface area contributed by atoms with Crippen LogP contribution in [0.3, 0.4) is 0 Å². The Hall–Kier alpha value is -2.42. The highest BCUT2D eigenvalue weighted by molar-refractivity contribution is 6.05. The summed E-state index contributed by atoms with van der Waals surface area (Å²) in [6.45, 7) is 14.0. The van der Waals surface area contributed by atoms with E-state index in [1.54, 1.807) is 6.92 Å². The van der Waals surface area contributed by atoms with Crippen LogP contribution in [0.4, 0.5) is 0 Å². The summed E-state index contributed by atoms with van der Waals surface area (Å²) in [5.41, 5.74) is 10.6. The molecule has 3 heteroatoms. The maximum absolute atomic E-state index is 12.0. The first-order chi connectivity index (χ1) is 11.2. The molecule has 0 amide bonds. The smallest absolute Gasteiger partial charge is 0.161 e. The molecule has 0 fully saturated rings. The zero-order valence-electron chi connectivity index (χ0n) is 15.5. The Morgan fingerprint density at radius 2 is 1.58 bits per heavy atom. The predicted molar refractivity (Wildman–Crippen MR) is 100.0 cm³/mol. The summed E-state index contributed by atoms with van der Waals surface area (Å²) in [5.74, 6) is 0.0734. The molecule has 0 atom stereocenters. The number of aromatic nitrogens is 2. The summed E-state index contributed by atoms with van der Waals surface area (Å²) in [7, 11) is 0. The lowest BCUT2D eigenvalue weighted by molar-refractivity contribution is 0.101. The molecule has 0 saturated heterocycles. The van der Waals surface area contributed by atoms with E-state index in [9.17, 15) is 4.79 Å². The van der Waals surface area contributed by atoms with Gasteiger partial charge in [-0.3, -0.25) is 9.78 Å². The Morgan fingerprint density at radius 1 is 1.00 bits per heavy atom. The molecule has 1 N–H and O–H groups in total. The molecule has 24 heavy (non-hydrogen) atoms. The highest BCUT2D eigenvalue weighted by Gasteiger charge is 2.21. The number of hydrogen-bond donors (Lipinski definition) is 1. The van der Waals surface area contributed by atoms with Gasteiger partial charge in [0.1, 0.15) is 0 Å². The number of fused-ring (bicyclic) bond motifs is 1. The van der Waals surface area contributed by atoms with Crippen molar-refractivity contribution in [3.8, 4) is 11.3 Å². The molecule has 0 spiro atoms. The normalized spacial score (nSPS) is 11.3. The van der Waals surface area contributed by atoms with Crippen molar-refractivity contribution in [1.82, 2.24) is 9.97 Å². The van der Waals surface area contributed by atoms with Gasteiger partial charge in [-0.15, -0.1) is 0 Å². The Balaban J connectivity index is 2.43. The average Bonchev–Trinajstić information content (AvgIpc) is 2.74. The number of ketones is 1. The summed E-state index contributed by atoms with van der Waals surface area (Å²) in [5, 5.41) is 1.07. The van der Waals surface area contributed by atoms with E-state index in [1.807, 2.05) is 13.8 Å². The van der Waals surface area contributed by atoms with Crippen molar-refractivity contribution in [2.24, 2.45) is 0 Å². The number of hydrogen-bond acceptors (Lipinski definition) is 2. The number of aromatic amines is 1. The molecule has 3 nitrogen and oxygen atoms in total. The van der Waals surface area contributed by atoms with Gasteiger partial charge in [0.2, 0.25) is 0 Å². The van der Waals surface area contributed by atoms with E-state index in [2.05, 4.69) is 44.8 Å². The minimum atomic E-state index is 0.0734. The first-order valence-electron chi connectivity index (χ1n) is 8.31. The molecule has 0 aliphatic rings. The van der Waals surface area contributed by atoms with Gasteiger partial charge in [-0.25, -0.2) is 0 Å².